The number of thiophene rings is 1. The first kappa shape index (κ1) is 17.2. The van der Waals surface area contributed by atoms with Gasteiger partial charge in [0, 0.05) is 4.90 Å². The Morgan fingerprint density at radius 2 is 2.00 bits per heavy atom. The maximum Gasteiger partial charge on any atom is 0.290 e. The molecule has 8 heteroatoms. The largest absolute Gasteiger partial charge is 0.290 e. The van der Waals surface area contributed by atoms with E-state index in [-0.39, 0.29) is 17.4 Å². The predicted molar refractivity (Wildman–Crippen MR) is 99.4 cm³/mol. The van der Waals surface area contributed by atoms with E-state index in [9.17, 15) is 9.59 Å². The number of nitrogens with zero attached hydrogens (tertiary/aromatic N) is 1. The van der Waals surface area contributed by atoms with Crippen molar-refractivity contribution in [1.29, 1.82) is 0 Å². The Labute approximate surface area is 153 Å². The van der Waals surface area contributed by atoms with Crippen molar-refractivity contribution in [2.45, 2.75) is 11.8 Å². The molecule has 0 radical (unpaired) electrons. The van der Waals surface area contributed by atoms with Crippen molar-refractivity contribution in [2.24, 2.45) is 0 Å². The topological polar surface area (TPSA) is 86.9 Å². The first-order chi connectivity index (χ1) is 12.1. The van der Waals surface area contributed by atoms with Gasteiger partial charge in [-0.2, -0.15) is 5.10 Å². The fraction of sp³-hybridized carbons (Fsp3) is 0.118. The summed E-state index contributed by atoms with van der Waals surface area (Å²) in [6, 6.07) is 13.4. The van der Waals surface area contributed by atoms with Gasteiger partial charge in [0.25, 0.3) is 5.91 Å². The van der Waals surface area contributed by atoms with Crippen molar-refractivity contribution in [1.82, 2.24) is 21.0 Å². The summed E-state index contributed by atoms with van der Waals surface area (Å²) in [6.45, 7) is 2.01. The van der Waals surface area contributed by atoms with E-state index < -0.39 is 5.91 Å². The van der Waals surface area contributed by atoms with Crippen LogP contribution in [0, 0.1) is 6.92 Å². The van der Waals surface area contributed by atoms with Gasteiger partial charge in [-0.25, -0.2) is 0 Å². The Balaban J connectivity index is 1.47. The molecule has 0 saturated carbocycles. The molecule has 0 aliphatic carbocycles. The number of aromatic nitrogens is 2. The van der Waals surface area contributed by atoms with Gasteiger partial charge in [0.1, 0.15) is 0 Å². The van der Waals surface area contributed by atoms with Gasteiger partial charge in [-0.15, -0.1) is 23.1 Å². The Hall–Kier alpha value is -2.58. The molecule has 0 unspecified atom stereocenters. The third kappa shape index (κ3) is 4.71. The zero-order chi connectivity index (χ0) is 17.6. The van der Waals surface area contributed by atoms with Crippen LogP contribution in [0.4, 0.5) is 0 Å². The van der Waals surface area contributed by atoms with Crippen molar-refractivity contribution in [3.8, 4) is 10.6 Å². The number of carbonyl (C=O) groups is 2. The fourth-order valence-electron chi connectivity index (χ4n) is 2.01. The number of rotatable bonds is 5. The van der Waals surface area contributed by atoms with E-state index in [4.69, 9.17) is 0 Å². The van der Waals surface area contributed by atoms with E-state index in [1.165, 1.54) is 17.3 Å². The number of benzene rings is 1. The van der Waals surface area contributed by atoms with Crippen LogP contribution in [0.5, 0.6) is 0 Å². The molecule has 1 aromatic carbocycles. The minimum Gasteiger partial charge on any atom is -0.276 e. The van der Waals surface area contributed by atoms with Gasteiger partial charge in [0.15, 0.2) is 5.69 Å². The standard InChI is InChI=1S/C17H16N4O2S2/c1-11-4-6-12(7-5-11)25-10-16(22)20-21-17(23)14-9-13(18-19-14)15-3-2-8-24-15/h2-9H,10H2,1H3,(H,18,19)(H,20,22)(H,21,23). The van der Waals surface area contributed by atoms with Crippen LogP contribution in [-0.4, -0.2) is 27.8 Å². The minimum absolute atomic E-state index is 0.213. The predicted octanol–water partition coefficient (Wildman–Crippen LogP) is 3.00. The fourth-order valence-corrected chi connectivity index (χ4v) is 3.40. The average molecular weight is 372 g/mol. The summed E-state index contributed by atoms with van der Waals surface area (Å²) in [5.41, 5.74) is 6.92. The summed E-state index contributed by atoms with van der Waals surface area (Å²) >= 11 is 2.95. The molecule has 25 heavy (non-hydrogen) atoms. The maximum absolute atomic E-state index is 12.0. The van der Waals surface area contributed by atoms with Gasteiger partial charge in [-0.3, -0.25) is 25.5 Å². The molecule has 0 spiro atoms. The third-order valence-electron chi connectivity index (χ3n) is 3.30. The third-order valence-corrected chi connectivity index (χ3v) is 5.22. The molecule has 0 atom stereocenters. The SMILES string of the molecule is Cc1ccc(SCC(=O)NNC(=O)c2cc(-c3cccs3)[nH]n2)cc1. The normalized spacial score (nSPS) is 10.4. The second-order valence-electron chi connectivity index (χ2n) is 5.25. The second kappa shape index (κ2) is 8.00. The molecular formula is C17H16N4O2S2. The molecule has 2 aromatic heterocycles. The van der Waals surface area contributed by atoms with E-state index in [0.717, 1.165) is 15.5 Å². The van der Waals surface area contributed by atoms with Crippen LogP contribution in [0.25, 0.3) is 10.6 Å². The van der Waals surface area contributed by atoms with Crippen molar-refractivity contribution in [2.75, 3.05) is 5.75 Å². The van der Waals surface area contributed by atoms with E-state index in [1.54, 1.807) is 17.4 Å². The Kier molecular flexibility index (Phi) is 5.52. The van der Waals surface area contributed by atoms with Gasteiger partial charge >= 0.3 is 0 Å². The van der Waals surface area contributed by atoms with Gasteiger partial charge in [0.2, 0.25) is 5.91 Å². The highest BCUT2D eigenvalue weighted by molar-refractivity contribution is 8.00. The summed E-state index contributed by atoms with van der Waals surface area (Å²) in [5, 5.41) is 8.72. The average Bonchev–Trinajstić information content (AvgIpc) is 3.30. The van der Waals surface area contributed by atoms with Crippen LogP contribution < -0.4 is 10.9 Å². The number of aryl methyl sites for hydroxylation is 1. The first-order valence-electron chi connectivity index (χ1n) is 7.50. The number of H-pyrrole nitrogens is 1. The number of carbonyl (C=O) groups excluding carboxylic acids is 2. The molecule has 0 fully saturated rings. The lowest BCUT2D eigenvalue weighted by atomic mass is 10.2. The number of nitrogens with one attached hydrogen (secondary N) is 3. The van der Waals surface area contributed by atoms with Gasteiger partial charge in [0.05, 0.1) is 16.3 Å². The molecule has 2 amide bonds. The molecule has 0 bridgehead atoms. The number of thioether (sulfide) groups is 1. The molecule has 3 N–H and O–H groups in total. The molecule has 128 valence electrons. The smallest absolute Gasteiger partial charge is 0.276 e. The summed E-state index contributed by atoms with van der Waals surface area (Å²) in [4.78, 5) is 25.9. The van der Waals surface area contributed by atoms with Crippen LogP contribution in [-0.2, 0) is 4.79 Å². The summed E-state index contributed by atoms with van der Waals surface area (Å²) in [5.74, 6) is -0.537. The molecule has 0 saturated heterocycles. The quantitative estimate of drug-likeness (QED) is 0.475. The van der Waals surface area contributed by atoms with Crippen molar-refractivity contribution in [3.63, 3.8) is 0 Å². The second-order valence-corrected chi connectivity index (χ2v) is 7.24. The lowest BCUT2D eigenvalue weighted by Gasteiger charge is -2.06. The first-order valence-corrected chi connectivity index (χ1v) is 9.36. The zero-order valence-corrected chi connectivity index (χ0v) is 15.0. The minimum atomic E-state index is -0.465. The zero-order valence-electron chi connectivity index (χ0n) is 13.4. The lowest BCUT2D eigenvalue weighted by molar-refractivity contribution is -0.119. The Bertz CT molecular complexity index is 857. The molecule has 0 aliphatic heterocycles. The van der Waals surface area contributed by atoms with E-state index >= 15 is 0 Å². The van der Waals surface area contributed by atoms with Gasteiger partial charge < -0.3 is 0 Å². The highest BCUT2D eigenvalue weighted by Gasteiger charge is 2.13. The molecule has 3 rings (SSSR count). The maximum atomic E-state index is 12.0. The summed E-state index contributed by atoms with van der Waals surface area (Å²) in [6.07, 6.45) is 0. The molecule has 0 aliphatic rings. The number of amides is 2. The van der Waals surface area contributed by atoms with Crippen LogP contribution in [0.2, 0.25) is 0 Å². The summed E-state index contributed by atoms with van der Waals surface area (Å²) < 4.78 is 0. The Morgan fingerprint density at radius 3 is 2.72 bits per heavy atom. The summed E-state index contributed by atoms with van der Waals surface area (Å²) in [7, 11) is 0. The van der Waals surface area contributed by atoms with Crippen LogP contribution >= 0.6 is 23.1 Å². The van der Waals surface area contributed by atoms with Crippen molar-refractivity contribution in [3.05, 3.63) is 59.1 Å². The number of hydrogen-bond donors (Lipinski definition) is 3. The van der Waals surface area contributed by atoms with E-state index in [2.05, 4.69) is 21.0 Å². The highest BCUT2D eigenvalue weighted by atomic mass is 32.2. The van der Waals surface area contributed by atoms with E-state index in [0.29, 0.717) is 0 Å². The van der Waals surface area contributed by atoms with Gasteiger partial charge in [-0.1, -0.05) is 23.8 Å². The molecular weight excluding hydrogens is 356 g/mol. The lowest BCUT2D eigenvalue weighted by Crippen LogP contribution is -2.42. The molecule has 2 heterocycles. The number of hydrogen-bond acceptors (Lipinski definition) is 5. The van der Waals surface area contributed by atoms with Crippen LogP contribution in [0.1, 0.15) is 16.1 Å². The van der Waals surface area contributed by atoms with Crippen molar-refractivity contribution >= 4 is 34.9 Å². The van der Waals surface area contributed by atoms with Gasteiger partial charge in [-0.05, 0) is 36.6 Å². The van der Waals surface area contributed by atoms with Crippen LogP contribution in [0.3, 0.4) is 0 Å². The molecule has 6 nitrogen and oxygen atoms in total. The van der Waals surface area contributed by atoms with E-state index in [1.807, 2.05) is 48.7 Å². The van der Waals surface area contributed by atoms with Crippen molar-refractivity contribution < 1.29 is 9.59 Å². The molecule has 3 aromatic rings. The Morgan fingerprint density at radius 1 is 1.20 bits per heavy atom. The highest BCUT2D eigenvalue weighted by Crippen LogP contribution is 2.22. The van der Waals surface area contributed by atoms with Crippen LogP contribution in [0.15, 0.2) is 52.7 Å². The monoisotopic (exact) mass is 372 g/mol. The number of hydrazine groups is 1. The number of aromatic amines is 1.